The molecule has 2 saturated heterocycles. The maximum atomic E-state index is 12.2. The van der Waals surface area contributed by atoms with Gasteiger partial charge in [-0.15, -0.1) is 0 Å². The third-order valence-electron chi connectivity index (χ3n) is 5.67. The SMILES string of the molecule is COCC(=O)N1C[C@@H]2CCN(Cc3ccccc3OC)C[C@]2(CO)C1. The maximum Gasteiger partial charge on any atom is 0.248 e. The molecule has 25 heavy (non-hydrogen) atoms. The zero-order chi connectivity index (χ0) is 17.9. The molecular weight excluding hydrogens is 320 g/mol. The lowest BCUT2D eigenvalue weighted by molar-refractivity contribution is -0.134. The molecular formula is C19H28N2O4. The highest BCUT2D eigenvalue weighted by Gasteiger charge is 2.50. The average molecular weight is 348 g/mol. The number of piperidine rings is 1. The summed E-state index contributed by atoms with van der Waals surface area (Å²) in [6.07, 6.45) is 0.993. The van der Waals surface area contributed by atoms with Crippen LogP contribution in [0.1, 0.15) is 12.0 Å². The number of carbonyl (C=O) groups is 1. The zero-order valence-corrected chi connectivity index (χ0v) is 15.1. The van der Waals surface area contributed by atoms with Crippen LogP contribution in [0.15, 0.2) is 24.3 Å². The number of likely N-dealkylation sites (tertiary alicyclic amines) is 2. The van der Waals surface area contributed by atoms with E-state index in [9.17, 15) is 9.90 Å². The number of amides is 1. The normalized spacial score (nSPS) is 26.5. The highest BCUT2D eigenvalue weighted by atomic mass is 16.5. The second kappa shape index (κ2) is 7.72. The fourth-order valence-corrected chi connectivity index (χ4v) is 4.32. The largest absolute Gasteiger partial charge is 0.496 e. The molecule has 138 valence electrons. The molecule has 0 spiro atoms. The van der Waals surface area contributed by atoms with Gasteiger partial charge in [0.15, 0.2) is 0 Å². The van der Waals surface area contributed by atoms with Crippen molar-refractivity contribution in [1.82, 2.24) is 9.80 Å². The van der Waals surface area contributed by atoms with Crippen molar-refractivity contribution < 1.29 is 19.4 Å². The summed E-state index contributed by atoms with van der Waals surface area (Å²) in [5.41, 5.74) is 0.922. The van der Waals surface area contributed by atoms with E-state index in [-0.39, 0.29) is 24.5 Å². The highest BCUT2D eigenvalue weighted by Crippen LogP contribution is 2.42. The quantitative estimate of drug-likeness (QED) is 0.831. The summed E-state index contributed by atoms with van der Waals surface area (Å²) in [6.45, 7) is 4.12. The highest BCUT2D eigenvalue weighted by molar-refractivity contribution is 5.77. The van der Waals surface area contributed by atoms with Crippen LogP contribution in [0, 0.1) is 11.3 Å². The van der Waals surface area contributed by atoms with Crippen LogP contribution >= 0.6 is 0 Å². The number of aliphatic hydroxyl groups is 1. The molecule has 0 radical (unpaired) electrons. The van der Waals surface area contributed by atoms with Crippen molar-refractivity contribution in [3.05, 3.63) is 29.8 Å². The van der Waals surface area contributed by atoms with Crippen LogP contribution in [0.25, 0.3) is 0 Å². The number of rotatable bonds is 6. The first-order valence-electron chi connectivity index (χ1n) is 8.83. The number of benzene rings is 1. The van der Waals surface area contributed by atoms with Crippen LogP contribution in [-0.4, -0.2) is 74.4 Å². The molecule has 2 atom stereocenters. The third kappa shape index (κ3) is 3.66. The van der Waals surface area contributed by atoms with Crippen LogP contribution in [-0.2, 0) is 16.1 Å². The first kappa shape index (κ1) is 18.2. The van der Waals surface area contributed by atoms with Crippen LogP contribution in [0.4, 0.5) is 0 Å². The van der Waals surface area contributed by atoms with Crippen molar-refractivity contribution >= 4 is 5.91 Å². The Morgan fingerprint density at radius 3 is 2.84 bits per heavy atom. The number of carbonyl (C=O) groups excluding carboxylic acids is 1. The predicted molar refractivity (Wildman–Crippen MR) is 94.4 cm³/mol. The Bertz CT molecular complexity index is 609. The third-order valence-corrected chi connectivity index (χ3v) is 5.67. The molecule has 1 aromatic carbocycles. The van der Waals surface area contributed by atoms with Gasteiger partial charge in [-0.3, -0.25) is 9.69 Å². The number of fused-ring (bicyclic) bond motifs is 1. The summed E-state index contributed by atoms with van der Waals surface area (Å²) in [5, 5.41) is 10.1. The van der Waals surface area contributed by atoms with E-state index < -0.39 is 0 Å². The van der Waals surface area contributed by atoms with Crippen LogP contribution in [0.2, 0.25) is 0 Å². The first-order valence-corrected chi connectivity index (χ1v) is 8.83. The van der Waals surface area contributed by atoms with Gasteiger partial charge < -0.3 is 19.5 Å². The number of hydrogen-bond donors (Lipinski definition) is 1. The monoisotopic (exact) mass is 348 g/mol. The first-order chi connectivity index (χ1) is 12.1. The molecule has 2 fully saturated rings. The minimum atomic E-state index is -0.232. The molecule has 1 amide bonds. The van der Waals surface area contributed by atoms with Gasteiger partial charge in [-0.25, -0.2) is 0 Å². The molecule has 0 aromatic heterocycles. The van der Waals surface area contributed by atoms with Gasteiger partial charge in [-0.05, 0) is 24.9 Å². The molecule has 2 heterocycles. The Morgan fingerprint density at radius 1 is 1.32 bits per heavy atom. The van der Waals surface area contributed by atoms with E-state index in [0.717, 1.165) is 43.9 Å². The summed E-state index contributed by atoms with van der Waals surface area (Å²) in [6, 6.07) is 8.05. The van der Waals surface area contributed by atoms with E-state index in [2.05, 4.69) is 11.0 Å². The standard InChI is InChI=1S/C19H28N2O4/c1-24-11-18(23)21-10-16-7-8-20(12-19(16,13-21)14-22)9-15-5-3-4-6-17(15)25-2/h3-6,16,22H,7-14H2,1-2H3/t16-,19+/m0/s1. The number of aliphatic hydroxyl groups excluding tert-OH is 1. The molecule has 0 saturated carbocycles. The number of para-hydroxylation sites is 1. The molecule has 2 aliphatic heterocycles. The Hall–Kier alpha value is -1.63. The number of ether oxygens (including phenoxy) is 2. The summed E-state index contributed by atoms with van der Waals surface area (Å²) < 4.78 is 10.4. The van der Waals surface area contributed by atoms with E-state index in [1.54, 1.807) is 7.11 Å². The maximum absolute atomic E-state index is 12.2. The molecule has 0 unspecified atom stereocenters. The van der Waals surface area contributed by atoms with E-state index in [4.69, 9.17) is 9.47 Å². The fourth-order valence-electron chi connectivity index (χ4n) is 4.32. The fraction of sp³-hybridized carbons (Fsp3) is 0.632. The van der Waals surface area contributed by atoms with Crippen molar-refractivity contribution in [3.63, 3.8) is 0 Å². The van der Waals surface area contributed by atoms with Crippen LogP contribution in [0.5, 0.6) is 5.75 Å². The molecule has 0 bridgehead atoms. The summed E-state index contributed by atoms with van der Waals surface area (Å²) >= 11 is 0. The number of nitrogens with zero attached hydrogens (tertiary/aromatic N) is 2. The van der Waals surface area contributed by atoms with Gasteiger partial charge in [0.05, 0.1) is 13.7 Å². The van der Waals surface area contributed by atoms with Crippen molar-refractivity contribution in [2.24, 2.45) is 11.3 Å². The second-order valence-electron chi connectivity index (χ2n) is 7.24. The van der Waals surface area contributed by atoms with Crippen molar-refractivity contribution in [2.75, 3.05) is 53.6 Å². The van der Waals surface area contributed by atoms with Gasteiger partial charge in [0, 0.05) is 44.3 Å². The van der Waals surface area contributed by atoms with E-state index in [0.29, 0.717) is 12.5 Å². The van der Waals surface area contributed by atoms with Gasteiger partial charge in [0.1, 0.15) is 12.4 Å². The molecule has 1 aromatic rings. The Kier molecular flexibility index (Phi) is 5.61. The molecule has 1 N–H and O–H groups in total. The van der Waals surface area contributed by atoms with Gasteiger partial charge in [-0.2, -0.15) is 0 Å². The second-order valence-corrected chi connectivity index (χ2v) is 7.24. The lowest BCUT2D eigenvalue weighted by atomic mass is 9.74. The van der Waals surface area contributed by atoms with E-state index >= 15 is 0 Å². The Balaban J connectivity index is 1.70. The van der Waals surface area contributed by atoms with Gasteiger partial charge in [0.2, 0.25) is 5.91 Å². The van der Waals surface area contributed by atoms with Crippen LogP contribution < -0.4 is 4.74 Å². The van der Waals surface area contributed by atoms with E-state index in [1.165, 1.54) is 7.11 Å². The minimum absolute atomic E-state index is 0.0148. The molecule has 6 heteroatoms. The van der Waals surface area contributed by atoms with Gasteiger partial charge >= 0.3 is 0 Å². The van der Waals surface area contributed by atoms with Crippen molar-refractivity contribution in [3.8, 4) is 5.75 Å². The van der Waals surface area contributed by atoms with Gasteiger partial charge in [-0.1, -0.05) is 18.2 Å². The lowest BCUT2D eigenvalue weighted by Gasteiger charge is -2.43. The number of methoxy groups -OCH3 is 2. The smallest absolute Gasteiger partial charge is 0.248 e. The zero-order valence-electron chi connectivity index (χ0n) is 15.1. The Labute approximate surface area is 149 Å². The number of hydrogen-bond acceptors (Lipinski definition) is 5. The van der Waals surface area contributed by atoms with Crippen molar-refractivity contribution in [2.45, 2.75) is 13.0 Å². The van der Waals surface area contributed by atoms with Crippen molar-refractivity contribution in [1.29, 1.82) is 0 Å². The van der Waals surface area contributed by atoms with Crippen LogP contribution in [0.3, 0.4) is 0 Å². The average Bonchev–Trinajstić information content (AvgIpc) is 3.02. The molecule has 6 nitrogen and oxygen atoms in total. The predicted octanol–water partition coefficient (Wildman–Crippen LogP) is 0.984. The molecule has 0 aliphatic carbocycles. The van der Waals surface area contributed by atoms with E-state index in [1.807, 2.05) is 23.1 Å². The summed E-state index contributed by atoms with van der Waals surface area (Å²) in [4.78, 5) is 16.4. The Morgan fingerprint density at radius 2 is 2.12 bits per heavy atom. The lowest BCUT2D eigenvalue weighted by Crippen LogP contribution is -2.50. The van der Waals surface area contributed by atoms with Gasteiger partial charge in [0.25, 0.3) is 0 Å². The minimum Gasteiger partial charge on any atom is -0.496 e. The summed E-state index contributed by atoms with van der Waals surface area (Å²) in [7, 11) is 3.23. The topological polar surface area (TPSA) is 62.2 Å². The molecule has 3 rings (SSSR count). The molecule has 2 aliphatic rings. The summed E-state index contributed by atoms with van der Waals surface area (Å²) in [5.74, 6) is 1.26.